The average Bonchev–Trinajstić information content (AvgIpc) is 2.59. The Balaban J connectivity index is 1.82. The second-order valence-corrected chi connectivity index (χ2v) is 5.70. The number of hydrogen-bond donors (Lipinski definition) is 1. The first-order chi connectivity index (χ1) is 11.5. The van der Waals surface area contributed by atoms with Crippen LogP contribution >= 0.6 is 11.6 Å². The van der Waals surface area contributed by atoms with Crippen molar-refractivity contribution in [2.75, 3.05) is 36.5 Å². The maximum absolute atomic E-state index is 14.2. The van der Waals surface area contributed by atoms with Crippen LogP contribution in [-0.2, 0) is 4.74 Å². The predicted molar refractivity (Wildman–Crippen MR) is 86.3 cm³/mol. The fraction of sp³-hybridized carbons (Fsp3) is 0.400. The molecule has 1 aliphatic rings. The van der Waals surface area contributed by atoms with Gasteiger partial charge >= 0.3 is 0 Å². The van der Waals surface area contributed by atoms with Crippen molar-refractivity contribution in [2.24, 2.45) is 0 Å². The van der Waals surface area contributed by atoms with Crippen molar-refractivity contribution < 1.29 is 13.5 Å². The van der Waals surface area contributed by atoms with E-state index < -0.39 is 11.6 Å². The first-order valence-electron chi connectivity index (χ1n) is 7.48. The topological polar surface area (TPSA) is 63.2 Å². The van der Waals surface area contributed by atoms with Gasteiger partial charge in [-0.2, -0.15) is 14.4 Å². The summed E-state index contributed by atoms with van der Waals surface area (Å²) in [5.74, 6) is -0.750. The summed E-state index contributed by atoms with van der Waals surface area (Å²) >= 11 is 5.90. The lowest BCUT2D eigenvalue weighted by Crippen LogP contribution is -2.37. The standard InChI is InChI=1S/C15H16ClF2N5O/c1-9(11-3-2-10(17)8-19-11)20-15-21-13(16)12(18)14(22-15)23-4-6-24-7-5-23/h2-3,8-9H,4-7H2,1H3,(H,20,21,22)/t9-/m0/s1. The van der Waals surface area contributed by atoms with Crippen molar-refractivity contribution in [1.29, 1.82) is 0 Å². The Morgan fingerprint density at radius 3 is 2.67 bits per heavy atom. The Morgan fingerprint density at radius 1 is 1.25 bits per heavy atom. The third kappa shape index (κ3) is 3.70. The molecule has 0 spiro atoms. The molecule has 1 fully saturated rings. The van der Waals surface area contributed by atoms with Gasteiger partial charge in [0.15, 0.2) is 11.0 Å². The van der Waals surface area contributed by atoms with Crippen LogP contribution in [0.15, 0.2) is 18.3 Å². The lowest BCUT2D eigenvalue weighted by atomic mass is 10.2. The molecule has 1 N–H and O–H groups in total. The van der Waals surface area contributed by atoms with Crippen LogP contribution in [0.4, 0.5) is 20.5 Å². The number of morpholine rings is 1. The van der Waals surface area contributed by atoms with E-state index in [1.165, 1.54) is 6.07 Å². The van der Waals surface area contributed by atoms with Crippen LogP contribution in [-0.4, -0.2) is 41.3 Å². The highest BCUT2D eigenvalue weighted by molar-refractivity contribution is 6.29. The van der Waals surface area contributed by atoms with E-state index in [2.05, 4.69) is 20.3 Å². The van der Waals surface area contributed by atoms with Gasteiger partial charge < -0.3 is 15.0 Å². The van der Waals surface area contributed by atoms with Crippen LogP contribution in [0.1, 0.15) is 18.7 Å². The molecule has 1 atom stereocenters. The Morgan fingerprint density at radius 2 is 2.00 bits per heavy atom. The van der Waals surface area contributed by atoms with Crippen LogP contribution < -0.4 is 10.2 Å². The van der Waals surface area contributed by atoms with E-state index >= 15 is 0 Å². The number of nitrogens with zero attached hydrogens (tertiary/aromatic N) is 4. The summed E-state index contributed by atoms with van der Waals surface area (Å²) < 4.78 is 32.5. The second-order valence-electron chi connectivity index (χ2n) is 5.34. The van der Waals surface area contributed by atoms with Crippen LogP contribution in [0.25, 0.3) is 0 Å². The normalized spacial score (nSPS) is 16.1. The van der Waals surface area contributed by atoms with E-state index in [0.29, 0.717) is 32.0 Å². The van der Waals surface area contributed by atoms with E-state index in [4.69, 9.17) is 16.3 Å². The number of pyridine rings is 1. The van der Waals surface area contributed by atoms with Gasteiger partial charge in [0.1, 0.15) is 5.82 Å². The fourth-order valence-electron chi connectivity index (χ4n) is 2.37. The molecular formula is C15H16ClF2N5O. The van der Waals surface area contributed by atoms with Crippen LogP contribution in [0.2, 0.25) is 5.15 Å². The number of nitrogens with one attached hydrogen (secondary N) is 1. The SMILES string of the molecule is C[C@H](Nc1nc(Cl)c(F)c(N2CCOCC2)n1)c1ccc(F)cn1. The van der Waals surface area contributed by atoms with Crippen molar-refractivity contribution in [3.63, 3.8) is 0 Å². The van der Waals surface area contributed by atoms with Crippen LogP contribution in [0.5, 0.6) is 0 Å². The van der Waals surface area contributed by atoms with Crippen molar-refractivity contribution in [3.8, 4) is 0 Å². The highest BCUT2D eigenvalue weighted by Crippen LogP contribution is 2.26. The highest BCUT2D eigenvalue weighted by Gasteiger charge is 2.21. The summed E-state index contributed by atoms with van der Waals surface area (Å²) in [7, 11) is 0. The number of hydrogen-bond acceptors (Lipinski definition) is 6. The molecule has 0 aromatic carbocycles. The Bertz CT molecular complexity index is 710. The second kappa shape index (κ2) is 7.23. The van der Waals surface area contributed by atoms with E-state index in [-0.39, 0.29) is 23.0 Å². The van der Waals surface area contributed by atoms with Crippen molar-refractivity contribution in [1.82, 2.24) is 15.0 Å². The first kappa shape index (κ1) is 16.8. The molecule has 0 aliphatic carbocycles. The minimum Gasteiger partial charge on any atom is -0.378 e. The van der Waals surface area contributed by atoms with Crippen molar-refractivity contribution in [2.45, 2.75) is 13.0 Å². The number of ether oxygens (including phenoxy) is 1. The molecule has 9 heteroatoms. The Labute approximate surface area is 142 Å². The molecular weight excluding hydrogens is 340 g/mol. The molecule has 128 valence electrons. The summed E-state index contributed by atoms with van der Waals surface area (Å²) in [5.41, 5.74) is 0.605. The van der Waals surface area contributed by atoms with Gasteiger partial charge in [-0.05, 0) is 19.1 Å². The van der Waals surface area contributed by atoms with Crippen molar-refractivity contribution >= 4 is 23.4 Å². The molecule has 3 heterocycles. The number of anilines is 2. The first-order valence-corrected chi connectivity index (χ1v) is 7.86. The smallest absolute Gasteiger partial charge is 0.226 e. The van der Waals surface area contributed by atoms with Gasteiger partial charge in [0.05, 0.1) is 31.1 Å². The van der Waals surface area contributed by atoms with Gasteiger partial charge in [0.25, 0.3) is 0 Å². The monoisotopic (exact) mass is 355 g/mol. The van der Waals surface area contributed by atoms with Crippen molar-refractivity contribution in [3.05, 3.63) is 40.8 Å². The molecule has 1 aliphatic heterocycles. The molecule has 0 saturated carbocycles. The van der Waals surface area contributed by atoms with Crippen LogP contribution in [0, 0.1) is 11.6 Å². The molecule has 2 aromatic rings. The highest BCUT2D eigenvalue weighted by atomic mass is 35.5. The summed E-state index contributed by atoms with van der Waals surface area (Å²) in [6.45, 7) is 3.87. The molecule has 0 radical (unpaired) electrons. The van der Waals surface area contributed by atoms with Gasteiger partial charge in [-0.3, -0.25) is 4.98 Å². The predicted octanol–water partition coefficient (Wildman–Crippen LogP) is 2.81. The summed E-state index contributed by atoms with van der Waals surface area (Å²) in [5, 5.41) is 2.75. The Hall–Kier alpha value is -2.06. The van der Waals surface area contributed by atoms with Gasteiger partial charge in [-0.25, -0.2) is 4.39 Å². The van der Waals surface area contributed by atoms with E-state index in [1.807, 2.05) is 6.92 Å². The zero-order valence-corrected chi connectivity index (χ0v) is 13.7. The summed E-state index contributed by atoms with van der Waals surface area (Å²) in [6.07, 6.45) is 1.13. The lowest BCUT2D eigenvalue weighted by Gasteiger charge is -2.28. The number of aromatic nitrogens is 3. The summed E-state index contributed by atoms with van der Waals surface area (Å²) in [4.78, 5) is 13.9. The third-order valence-electron chi connectivity index (χ3n) is 3.64. The molecule has 6 nitrogen and oxygen atoms in total. The van der Waals surface area contributed by atoms with Gasteiger partial charge in [0.2, 0.25) is 11.8 Å². The van der Waals surface area contributed by atoms with Gasteiger partial charge in [0, 0.05) is 13.1 Å². The van der Waals surface area contributed by atoms with E-state index in [9.17, 15) is 8.78 Å². The minimum atomic E-state index is -0.656. The molecule has 0 unspecified atom stereocenters. The maximum Gasteiger partial charge on any atom is 0.226 e. The molecule has 3 rings (SSSR count). The summed E-state index contributed by atoms with van der Waals surface area (Å²) in [6, 6.07) is 2.57. The molecule has 1 saturated heterocycles. The van der Waals surface area contributed by atoms with Gasteiger partial charge in [-0.15, -0.1) is 0 Å². The molecule has 0 amide bonds. The Kier molecular flexibility index (Phi) is 5.06. The minimum absolute atomic E-state index is 0.139. The zero-order valence-electron chi connectivity index (χ0n) is 13.0. The maximum atomic E-state index is 14.2. The average molecular weight is 356 g/mol. The van der Waals surface area contributed by atoms with E-state index in [1.54, 1.807) is 11.0 Å². The molecule has 24 heavy (non-hydrogen) atoms. The lowest BCUT2D eigenvalue weighted by molar-refractivity contribution is 0.122. The third-order valence-corrected chi connectivity index (χ3v) is 3.89. The molecule has 2 aromatic heterocycles. The zero-order chi connectivity index (χ0) is 17.1. The quantitative estimate of drug-likeness (QED) is 0.851. The van der Waals surface area contributed by atoms with Crippen LogP contribution in [0.3, 0.4) is 0 Å². The van der Waals surface area contributed by atoms with Gasteiger partial charge in [-0.1, -0.05) is 11.6 Å². The van der Waals surface area contributed by atoms with E-state index in [0.717, 1.165) is 6.20 Å². The molecule has 0 bridgehead atoms. The fourth-order valence-corrected chi connectivity index (χ4v) is 2.53. The largest absolute Gasteiger partial charge is 0.378 e. The number of rotatable bonds is 4. The number of halogens is 3.